The van der Waals surface area contributed by atoms with Gasteiger partial charge in [0.2, 0.25) is 0 Å². The minimum absolute atomic E-state index is 0.291. The Bertz CT molecular complexity index is 917. The lowest BCUT2D eigenvalue weighted by Crippen LogP contribution is -2.46. The lowest BCUT2D eigenvalue weighted by atomic mass is 9.94. The smallest absolute Gasteiger partial charge is 0.404 e. The molecule has 0 bridgehead atoms. The molecule has 0 aliphatic rings. The molecule has 3 rings (SSSR count). The summed E-state index contributed by atoms with van der Waals surface area (Å²) in [4.78, 5) is 15.5. The van der Waals surface area contributed by atoms with Crippen molar-refractivity contribution < 1.29 is 15.0 Å². The molecule has 0 saturated carbocycles. The molecular weight excluding hydrogens is 378 g/mol. The van der Waals surface area contributed by atoms with Gasteiger partial charge in [-0.2, -0.15) is 0 Å². The number of nitrogens with one attached hydrogen (secondary N) is 1. The van der Waals surface area contributed by atoms with E-state index >= 15 is 0 Å². The monoisotopic (exact) mass is 405 g/mol. The van der Waals surface area contributed by atoms with Crippen LogP contribution >= 0.6 is 0 Å². The molecule has 0 unspecified atom stereocenters. The second kappa shape index (κ2) is 10.5. The molecule has 0 spiro atoms. The second-order valence-electron chi connectivity index (χ2n) is 7.42. The molecule has 6 nitrogen and oxygen atoms in total. The molecule has 0 aliphatic heterocycles. The van der Waals surface area contributed by atoms with E-state index in [2.05, 4.69) is 10.3 Å². The molecule has 2 aromatic carbocycles. The summed E-state index contributed by atoms with van der Waals surface area (Å²) < 4.78 is 0. The van der Waals surface area contributed by atoms with Gasteiger partial charge < -0.3 is 21.3 Å². The van der Waals surface area contributed by atoms with Crippen LogP contribution < -0.4 is 11.1 Å². The Hall–Kier alpha value is -3.22. The lowest BCUT2D eigenvalue weighted by molar-refractivity contribution is 0.105. The zero-order valence-electron chi connectivity index (χ0n) is 16.7. The van der Waals surface area contributed by atoms with E-state index in [1.807, 2.05) is 72.8 Å². The van der Waals surface area contributed by atoms with Gasteiger partial charge in [-0.1, -0.05) is 60.7 Å². The number of benzene rings is 2. The van der Waals surface area contributed by atoms with Gasteiger partial charge in [0.05, 0.1) is 17.8 Å². The number of carbonyl (C=O) groups is 1. The third-order valence-corrected chi connectivity index (χ3v) is 5.03. The highest BCUT2D eigenvalue weighted by Crippen LogP contribution is 2.18. The first-order valence-corrected chi connectivity index (χ1v) is 9.98. The van der Waals surface area contributed by atoms with Crippen molar-refractivity contribution in [3.05, 3.63) is 90.1 Å². The van der Waals surface area contributed by atoms with Crippen molar-refractivity contribution in [2.24, 2.45) is 5.73 Å². The van der Waals surface area contributed by atoms with Crippen LogP contribution in [-0.4, -0.2) is 39.5 Å². The van der Waals surface area contributed by atoms with Crippen molar-refractivity contribution >= 4 is 6.09 Å². The maximum atomic E-state index is 11.2. The van der Waals surface area contributed by atoms with Crippen LogP contribution in [0.25, 0.3) is 11.3 Å². The molecule has 1 aromatic heterocycles. The Morgan fingerprint density at radius 3 is 2.23 bits per heavy atom. The van der Waals surface area contributed by atoms with Gasteiger partial charge in [-0.25, -0.2) is 4.79 Å². The van der Waals surface area contributed by atoms with Crippen molar-refractivity contribution in [1.29, 1.82) is 0 Å². The molecule has 30 heavy (non-hydrogen) atoms. The van der Waals surface area contributed by atoms with E-state index in [4.69, 9.17) is 10.8 Å². The van der Waals surface area contributed by atoms with Gasteiger partial charge in [0.15, 0.2) is 0 Å². The summed E-state index contributed by atoms with van der Waals surface area (Å²) in [5, 5.41) is 22.2. The highest BCUT2D eigenvalue weighted by atomic mass is 16.4. The molecule has 0 radical (unpaired) electrons. The Morgan fingerprint density at radius 2 is 1.60 bits per heavy atom. The Kier molecular flexibility index (Phi) is 7.54. The number of aromatic nitrogens is 1. The van der Waals surface area contributed by atoms with Gasteiger partial charge in [-0.05, 0) is 42.5 Å². The van der Waals surface area contributed by atoms with E-state index in [1.54, 1.807) is 6.20 Å². The highest BCUT2D eigenvalue weighted by Gasteiger charge is 2.23. The average Bonchev–Trinajstić information content (AvgIpc) is 2.75. The van der Waals surface area contributed by atoms with Crippen molar-refractivity contribution in [3.8, 4) is 11.3 Å². The SMILES string of the molecule is N[C@@H](Cc1ccc(-c2ccccn2)cc1)C[C@H](O)[C@H](Cc1ccccc1)NC(=O)O. The Morgan fingerprint density at radius 1 is 0.933 bits per heavy atom. The normalized spacial score (nSPS) is 13.9. The number of hydrogen-bond acceptors (Lipinski definition) is 4. The fourth-order valence-electron chi connectivity index (χ4n) is 3.52. The van der Waals surface area contributed by atoms with Gasteiger partial charge in [-0.3, -0.25) is 4.98 Å². The van der Waals surface area contributed by atoms with Crippen molar-refractivity contribution in [2.75, 3.05) is 0 Å². The number of nitrogens with two attached hydrogens (primary N) is 1. The van der Waals surface area contributed by atoms with Gasteiger partial charge in [0.1, 0.15) is 0 Å². The third-order valence-electron chi connectivity index (χ3n) is 5.03. The van der Waals surface area contributed by atoms with Crippen LogP contribution in [0.15, 0.2) is 79.0 Å². The van der Waals surface area contributed by atoms with E-state index in [-0.39, 0.29) is 6.04 Å². The molecule has 1 amide bonds. The number of rotatable bonds is 9. The van der Waals surface area contributed by atoms with Gasteiger partial charge >= 0.3 is 6.09 Å². The Labute approximate surface area is 176 Å². The molecular formula is C24H27N3O3. The molecule has 3 atom stereocenters. The third kappa shape index (κ3) is 6.40. The van der Waals surface area contributed by atoms with Crippen molar-refractivity contribution in [2.45, 2.75) is 37.5 Å². The quantitative estimate of drug-likeness (QED) is 0.437. The molecule has 0 fully saturated rings. The first-order chi connectivity index (χ1) is 14.5. The van der Waals surface area contributed by atoms with Crippen LogP contribution in [0.5, 0.6) is 0 Å². The van der Waals surface area contributed by atoms with E-state index in [9.17, 15) is 9.90 Å². The number of hydrogen-bond donors (Lipinski definition) is 4. The molecule has 0 saturated heterocycles. The molecule has 5 N–H and O–H groups in total. The van der Waals surface area contributed by atoms with Crippen LogP contribution in [0.1, 0.15) is 17.5 Å². The fraction of sp³-hybridized carbons (Fsp3) is 0.250. The molecule has 156 valence electrons. The molecule has 3 aromatic rings. The maximum Gasteiger partial charge on any atom is 0.404 e. The van der Waals surface area contributed by atoms with E-state index in [0.29, 0.717) is 19.3 Å². The fourth-order valence-corrected chi connectivity index (χ4v) is 3.52. The molecule has 0 aliphatic carbocycles. The van der Waals surface area contributed by atoms with Gasteiger partial charge in [-0.15, -0.1) is 0 Å². The number of carboxylic acid groups (broad SMARTS) is 1. The van der Waals surface area contributed by atoms with Crippen LogP contribution in [0.2, 0.25) is 0 Å². The number of aliphatic hydroxyl groups excluding tert-OH is 1. The Balaban J connectivity index is 1.59. The largest absolute Gasteiger partial charge is 0.465 e. The predicted octanol–water partition coefficient (Wildman–Crippen LogP) is 3.25. The average molecular weight is 405 g/mol. The van der Waals surface area contributed by atoms with Gasteiger partial charge in [0.25, 0.3) is 0 Å². The van der Waals surface area contributed by atoms with Gasteiger partial charge in [0, 0.05) is 17.8 Å². The van der Waals surface area contributed by atoms with E-state index < -0.39 is 18.2 Å². The topological polar surface area (TPSA) is 108 Å². The van der Waals surface area contributed by atoms with Crippen molar-refractivity contribution in [1.82, 2.24) is 10.3 Å². The van der Waals surface area contributed by atoms with Crippen LogP contribution in [0.4, 0.5) is 4.79 Å². The highest BCUT2D eigenvalue weighted by molar-refractivity contribution is 5.65. The summed E-state index contributed by atoms with van der Waals surface area (Å²) in [6.45, 7) is 0. The van der Waals surface area contributed by atoms with Crippen LogP contribution in [-0.2, 0) is 12.8 Å². The van der Waals surface area contributed by atoms with E-state index in [0.717, 1.165) is 22.4 Å². The van der Waals surface area contributed by atoms with Crippen LogP contribution in [0, 0.1) is 0 Å². The standard InChI is InChI=1S/C24H27N3O3/c25-20(14-18-9-11-19(12-10-18)21-8-4-5-13-26-21)16-23(28)22(27-24(29)30)15-17-6-2-1-3-7-17/h1-13,20,22-23,27-28H,14-16,25H2,(H,29,30)/t20-,22-,23-/m0/s1. The summed E-state index contributed by atoms with van der Waals surface area (Å²) in [6, 6.07) is 22.4. The maximum absolute atomic E-state index is 11.2. The minimum Gasteiger partial charge on any atom is -0.465 e. The first-order valence-electron chi connectivity index (χ1n) is 9.98. The summed E-state index contributed by atoms with van der Waals surface area (Å²) in [7, 11) is 0. The summed E-state index contributed by atoms with van der Waals surface area (Å²) in [5.74, 6) is 0. The lowest BCUT2D eigenvalue weighted by Gasteiger charge is -2.25. The zero-order chi connectivity index (χ0) is 21.3. The second-order valence-corrected chi connectivity index (χ2v) is 7.42. The summed E-state index contributed by atoms with van der Waals surface area (Å²) >= 11 is 0. The predicted molar refractivity (Wildman–Crippen MR) is 117 cm³/mol. The van der Waals surface area contributed by atoms with Crippen LogP contribution in [0.3, 0.4) is 0 Å². The summed E-state index contributed by atoms with van der Waals surface area (Å²) in [5.41, 5.74) is 10.2. The number of nitrogens with zero attached hydrogens (tertiary/aromatic N) is 1. The van der Waals surface area contributed by atoms with E-state index in [1.165, 1.54) is 0 Å². The summed E-state index contributed by atoms with van der Waals surface area (Å²) in [6.07, 6.45) is 1.000. The molecule has 1 heterocycles. The zero-order valence-corrected chi connectivity index (χ0v) is 16.7. The number of amides is 1. The van der Waals surface area contributed by atoms with Crippen molar-refractivity contribution in [3.63, 3.8) is 0 Å². The molecule has 6 heteroatoms. The number of pyridine rings is 1. The minimum atomic E-state index is -1.16. The first kappa shape index (κ1) is 21.5. The number of aliphatic hydroxyl groups is 1.